The lowest BCUT2D eigenvalue weighted by Gasteiger charge is -2.19. The predicted octanol–water partition coefficient (Wildman–Crippen LogP) is 2.58. The van der Waals surface area contributed by atoms with Gasteiger partial charge in [0.1, 0.15) is 5.82 Å². The molecule has 0 saturated carbocycles. The summed E-state index contributed by atoms with van der Waals surface area (Å²) in [5.74, 6) is 1.02. The highest BCUT2D eigenvalue weighted by molar-refractivity contribution is 6.02. The molecule has 4 nitrogen and oxygen atoms in total. The Balaban J connectivity index is 2.42. The van der Waals surface area contributed by atoms with Crippen LogP contribution in [0.2, 0.25) is 0 Å². The Morgan fingerprint density at radius 1 is 1.15 bits per heavy atom. The normalized spacial score (nSPS) is 11.1. The van der Waals surface area contributed by atoms with Gasteiger partial charge in [0.05, 0.1) is 11.9 Å². The molecule has 0 saturated heterocycles. The zero-order valence-electron chi connectivity index (χ0n) is 13.1. The number of hydrogen-bond donors (Lipinski definition) is 1. The summed E-state index contributed by atoms with van der Waals surface area (Å²) in [7, 11) is 8.23. The van der Waals surface area contributed by atoms with E-state index in [1.165, 1.54) is 16.3 Å². The lowest BCUT2D eigenvalue weighted by molar-refractivity contribution is 0.425. The molecule has 1 aromatic carbocycles. The van der Waals surface area contributed by atoms with Crippen LogP contribution in [0.25, 0.3) is 10.8 Å². The van der Waals surface area contributed by atoms with Crippen LogP contribution in [0, 0.1) is 6.92 Å². The molecule has 0 radical (unpaired) electrons. The summed E-state index contributed by atoms with van der Waals surface area (Å²) in [4.78, 5) is 8.85. The van der Waals surface area contributed by atoms with E-state index in [1.807, 2.05) is 20.3 Å². The van der Waals surface area contributed by atoms with E-state index in [-0.39, 0.29) is 0 Å². The molecule has 108 valence electrons. The fraction of sp³-hybridized carbons (Fsp3) is 0.438. The van der Waals surface area contributed by atoms with Gasteiger partial charge in [-0.2, -0.15) is 0 Å². The number of nitrogens with one attached hydrogen (secondary N) is 1. The maximum Gasteiger partial charge on any atom is 0.136 e. The first-order valence-electron chi connectivity index (χ1n) is 6.95. The van der Waals surface area contributed by atoms with Gasteiger partial charge in [0.25, 0.3) is 0 Å². The zero-order chi connectivity index (χ0) is 14.7. The van der Waals surface area contributed by atoms with Crippen LogP contribution in [0.15, 0.2) is 24.4 Å². The molecule has 0 aliphatic carbocycles. The maximum atomic E-state index is 4.61. The van der Waals surface area contributed by atoms with Gasteiger partial charge in [-0.25, -0.2) is 4.98 Å². The van der Waals surface area contributed by atoms with Gasteiger partial charge in [0.2, 0.25) is 0 Å². The van der Waals surface area contributed by atoms with E-state index in [2.05, 4.69) is 59.3 Å². The van der Waals surface area contributed by atoms with Crippen molar-refractivity contribution in [3.63, 3.8) is 0 Å². The molecule has 2 aromatic rings. The zero-order valence-corrected chi connectivity index (χ0v) is 13.1. The highest BCUT2D eigenvalue weighted by Crippen LogP contribution is 2.31. The number of benzene rings is 1. The summed E-state index contributed by atoms with van der Waals surface area (Å²) in [5.41, 5.74) is 2.37. The predicted molar refractivity (Wildman–Crippen MR) is 87.9 cm³/mol. The second kappa shape index (κ2) is 6.09. The molecule has 4 heteroatoms. The lowest BCUT2D eigenvalue weighted by Crippen LogP contribution is -2.21. The van der Waals surface area contributed by atoms with Crippen molar-refractivity contribution in [2.24, 2.45) is 0 Å². The molecule has 0 aliphatic heterocycles. The van der Waals surface area contributed by atoms with Crippen molar-refractivity contribution >= 4 is 22.3 Å². The van der Waals surface area contributed by atoms with E-state index in [0.29, 0.717) is 0 Å². The number of hydrogen-bond acceptors (Lipinski definition) is 4. The van der Waals surface area contributed by atoms with E-state index in [4.69, 9.17) is 0 Å². The molecule has 20 heavy (non-hydrogen) atoms. The van der Waals surface area contributed by atoms with Crippen LogP contribution in [0.3, 0.4) is 0 Å². The third-order valence-corrected chi connectivity index (χ3v) is 3.40. The summed E-state index contributed by atoms with van der Waals surface area (Å²) in [6, 6.07) is 6.41. The smallest absolute Gasteiger partial charge is 0.136 e. The maximum absolute atomic E-state index is 4.61. The van der Waals surface area contributed by atoms with E-state index in [0.717, 1.165) is 24.6 Å². The second-order valence-corrected chi connectivity index (χ2v) is 5.62. The largest absolute Gasteiger partial charge is 0.382 e. The van der Waals surface area contributed by atoms with Gasteiger partial charge in [0, 0.05) is 38.0 Å². The molecule has 1 N–H and O–H groups in total. The van der Waals surface area contributed by atoms with E-state index in [1.54, 1.807) is 0 Å². The van der Waals surface area contributed by atoms with Crippen LogP contribution in [0.5, 0.6) is 0 Å². The van der Waals surface area contributed by atoms with Gasteiger partial charge in [-0.3, -0.25) is 0 Å². The number of aryl methyl sites for hydroxylation is 1. The summed E-state index contributed by atoms with van der Waals surface area (Å²) < 4.78 is 0. The monoisotopic (exact) mass is 272 g/mol. The topological polar surface area (TPSA) is 31.4 Å². The van der Waals surface area contributed by atoms with E-state index < -0.39 is 0 Å². The number of likely N-dealkylation sites (N-methyl/N-ethyl adjacent to an activating group) is 1. The fourth-order valence-corrected chi connectivity index (χ4v) is 2.34. The van der Waals surface area contributed by atoms with Crippen molar-refractivity contribution in [2.75, 3.05) is 51.5 Å². The molecular formula is C16H24N4. The number of fused-ring (bicyclic) bond motifs is 1. The molecule has 0 aliphatic rings. The minimum absolute atomic E-state index is 0.916. The first-order chi connectivity index (χ1) is 9.50. The molecule has 0 spiro atoms. The van der Waals surface area contributed by atoms with Crippen molar-refractivity contribution in [1.29, 1.82) is 0 Å². The summed E-state index contributed by atoms with van der Waals surface area (Å²) >= 11 is 0. The highest BCUT2D eigenvalue weighted by atomic mass is 15.1. The Hall–Kier alpha value is -1.81. The quantitative estimate of drug-likeness (QED) is 0.906. The van der Waals surface area contributed by atoms with E-state index >= 15 is 0 Å². The van der Waals surface area contributed by atoms with Crippen LogP contribution in [-0.4, -0.2) is 51.2 Å². The second-order valence-electron chi connectivity index (χ2n) is 5.62. The Labute approximate surface area is 121 Å². The molecule has 0 fully saturated rings. The number of aromatic nitrogens is 1. The summed E-state index contributed by atoms with van der Waals surface area (Å²) in [5, 5.41) is 5.96. The summed E-state index contributed by atoms with van der Waals surface area (Å²) in [6.45, 7) is 4.06. The van der Waals surface area contributed by atoms with Gasteiger partial charge < -0.3 is 15.1 Å². The highest BCUT2D eigenvalue weighted by Gasteiger charge is 2.10. The molecule has 1 heterocycles. The van der Waals surface area contributed by atoms with Crippen LogP contribution < -0.4 is 10.2 Å². The fourth-order valence-electron chi connectivity index (χ4n) is 2.34. The van der Waals surface area contributed by atoms with Crippen LogP contribution in [-0.2, 0) is 0 Å². The minimum Gasteiger partial charge on any atom is -0.382 e. The van der Waals surface area contributed by atoms with Gasteiger partial charge in [0.15, 0.2) is 0 Å². The molecule has 0 unspecified atom stereocenters. The average Bonchev–Trinajstić information content (AvgIpc) is 2.38. The third-order valence-electron chi connectivity index (χ3n) is 3.40. The van der Waals surface area contributed by atoms with Crippen LogP contribution in [0.4, 0.5) is 11.5 Å². The third kappa shape index (κ3) is 3.02. The SMILES string of the molecule is Cc1cccc2c(NCCN(C)C)cnc(N(C)C)c12. The van der Waals surface area contributed by atoms with Crippen molar-refractivity contribution in [1.82, 2.24) is 9.88 Å². The Morgan fingerprint density at radius 3 is 2.55 bits per heavy atom. The van der Waals surface area contributed by atoms with Gasteiger partial charge in [-0.05, 0) is 26.6 Å². The molecule has 2 rings (SSSR count). The molecule has 0 amide bonds. The van der Waals surface area contributed by atoms with Crippen LogP contribution in [0.1, 0.15) is 5.56 Å². The Kier molecular flexibility index (Phi) is 4.45. The van der Waals surface area contributed by atoms with Gasteiger partial charge in [-0.15, -0.1) is 0 Å². The number of nitrogens with zero attached hydrogens (tertiary/aromatic N) is 3. The number of anilines is 2. The Morgan fingerprint density at radius 2 is 1.90 bits per heavy atom. The summed E-state index contributed by atoms with van der Waals surface area (Å²) in [6.07, 6.45) is 1.94. The average molecular weight is 272 g/mol. The van der Waals surface area contributed by atoms with Crippen molar-refractivity contribution < 1.29 is 0 Å². The van der Waals surface area contributed by atoms with Gasteiger partial charge in [-0.1, -0.05) is 18.2 Å². The minimum atomic E-state index is 0.916. The van der Waals surface area contributed by atoms with Crippen molar-refractivity contribution in [3.05, 3.63) is 30.0 Å². The number of rotatable bonds is 5. The lowest BCUT2D eigenvalue weighted by atomic mass is 10.1. The van der Waals surface area contributed by atoms with Crippen molar-refractivity contribution in [3.8, 4) is 0 Å². The molecule has 1 aromatic heterocycles. The molecule has 0 atom stereocenters. The first-order valence-corrected chi connectivity index (χ1v) is 6.95. The molecular weight excluding hydrogens is 248 g/mol. The van der Waals surface area contributed by atoms with Gasteiger partial charge >= 0.3 is 0 Å². The van der Waals surface area contributed by atoms with Crippen LogP contribution >= 0.6 is 0 Å². The number of pyridine rings is 1. The van der Waals surface area contributed by atoms with Crippen molar-refractivity contribution in [2.45, 2.75) is 6.92 Å². The molecule has 0 bridgehead atoms. The van der Waals surface area contributed by atoms with E-state index in [9.17, 15) is 0 Å². The first kappa shape index (κ1) is 14.6. The standard InChI is InChI=1S/C16H24N4/c1-12-7-6-8-13-14(17-9-10-19(2)3)11-18-16(15(12)13)20(4)5/h6-8,11,17H,9-10H2,1-5H3. The Bertz CT molecular complexity index is 590.